The van der Waals surface area contributed by atoms with Crippen LogP contribution in [0.4, 0.5) is 0 Å². The average Bonchev–Trinajstić information content (AvgIpc) is 2.15. The summed E-state index contributed by atoms with van der Waals surface area (Å²) in [6.07, 6.45) is 7.26. The lowest BCUT2D eigenvalue weighted by Crippen LogP contribution is -2.23. The highest BCUT2D eigenvalue weighted by molar-refractivity contribution is 5.80. The molecule has 0 heterocycles. The van der Waals surface area contributed by atoms with Crippen molar-refractivity contribution in [2.24, 2.45) is 11.8 Å². The van der Waals surface area contributed by atoms with Gasteiger partial charge >= 0.3 is 11.9 Å². The molecule has 1 aliphatic carbocycles. The van der Waals surface area contributed by atoms with E-state index in [4.69, 9.17) is 10.2 Å². The number of carboxylic acids is 2. The van der Waals surface area contributed by atoms with Gasteiger partial charge in [0.25, 0.3) is 0 Å². The van der Waals surface area contributed by atoms with Crippen molar-refractivity contribution in [3.63, 3.8) is 0 Å². The number of allylic oxidation sites excluding steroid dienone is 3. The molecule has 1 aliphatic rings. The molecule has 0 radical (unpaired) electrons. The van der Waals surface area contributed by atoms with E-state index in [1.807, 2.05) is 12.2 Å². The van der Waals surface area contributed by atoms with Crippen LogP contribution >= 0.6 is 0 Å². The largest absolute Gasteiger partial charge is 0.481 e. The van der Waals surface area contributed by atoms with Crippen molar-refractivity contribution >= 4 is 11.9 Å². The van der Waals surface area contributed by atoms with E-state index >= 15 is 0 Å². The number of carbonyl (C=O) groups is 2. The van der Waals surface area contributed by atoms with E-state index in [0.29, 0.717) is 12.8 Å². The van der Waals surface area contributed by atoms with Gasteiger partial charge in [-0.05, 0) is 18.8 Å². The van der Waals surface area contributed by atoms with E-state index in [0.717, 1.165) is 6.08 Å². The van der Waals surface area contributed by atoms with Crippen LogP contribution < -0.4 is 0 Å². The second kappa shape index (κ2) is 4.60. The van der Waals surface area contributed by atoms with Gasteiger partial charge in [-0.1, -0.05) is 18.2 Å². The van der Waals surface area contributed by atoms with E-state index in [1.54, 1.807) is 0 Å². The van der Waals surface area contributed by atoms with Crippen LogP contribution in [0.1, 0.15) is 12.8 Å². The van der Waals surface area contributed by atoms with E-state index in [1.165, 1.54) is 6.08 Å². The van der Waals surface area contributed by atoms with Crippen molar-refractivity contribution in [2.75, 3.05) is 0 Å². The fraction of sp³-hybridized carbons (Fsp3) is 0.400. The zero-order valence-electron chi connectivity index (χ0n) is 7.59. The summed E-state index contributed by atoms with van der Waals surface area (Å²) < 4.78 is 0. The van der Waals surface area contributed by atoms with Crippen molar-refractivity contribution in [3.8, 4) is 0 Å². The van der Waals surface area contributed by atoms with E-state index in [-0.39, 0.29) is 5.92 Å². The van der Waals surface area contributed by atoms with Crippen LogP contribution in [0.25, 0.3) is 0 Å². The number of rotatable bonds is 3. The molecule has 0 saturated carbocycles. The SMILES string of the molecule is O=C(O)/C=C/C1CC=CCC1C(=O)O. The molecule has 14 heavy (non-hydrogen) atoms. The molecule has 0 aromatic heterocycles. The van der Waals surface area contributed by atoms with Gasteiger partial charge in [0.1, 0.15) is 0 Å². The minimum Gasteiger partial charge on any atom is -0.481 e. The molecule has 2 atom stereocenters. The first kappa shape index (κ1) is 10.5. The Morgan fingerprint density at radius 3 is 2.43 bits per heavy atom. The standard InChI is InChI=1S/C10H12O4/c11-9(12)6-5-7-3-1-2-4-8(7)10(13)14/h1-2,5-8H,3-4H2,(H,11,12)(H,13,14)/b6-5+. The van der Waals surface area contributed by atoms with Crippen LogP contribution in [0, 0.1) is 11.8 Å². The molecular formula is C10H12O4. The summed E-state index contributed by atoms with van der Waals surface area (Å²) in [6.45, 7) is 0. The summed E-state index contributed by atoms with van der Waals surface area (Å²) in [5.41, 5.74) is 0. The minimum atomic E-state index is -1.04. The summed E-state index contributed by atoms with van der Waals surface area (Å²) in [5, 5.41) is 17.3. The summed E-state index contributed by atoms with van der Waals surface area (Å²) in [6, 6.07) is 0. The lowest BCUT2D eigenvalue weighted by atomic mass is 9.83. The zero-order valence-corrected chi connectivity index (χ0v) is 7.59. The normalized spacial score (nSPS) is 26.6. The van der Waals surface area contributed by atoms with Crippen LogP contribution in [0.15, 0.2) is 24.3 Å². The maximum Gasteiger partial charge on any atom is 0.327 e. The molecule has 4 heteroatoms. The molecule has 0 fully saturated rings. The smallest absolute Gasteiger partial charge is 0.327 e. The van der Waals surface area contributed by atoms with Crippen LogP contribution in [-0.2, 0) is 9.59 Å². The molecule has 4 nitrogen and oxygen atoms in total. The number of hydrogen-bond acceptors (Lipinski definition) is 2. The Morgan fingerprint density at radius 2 is 1.86 bits per heavy atom. The van der Waals surface area contributed by atoms with Gasteiger partial charge in [0.2, 0.25) is 0 Å². The van der Waals surface area contributed by atoms with Crippen molar-refractivity contribution in [3.05, 3.63) is 24.3 Å². The van der Waals surface area contributed by atoms with E-state index in [2.05, 4.69) is 0 Å². The first-order valence-electron chi connectivity index (χ1n) is 4.40. The van der Waals surface area contributed by atoms with Crippen LogP contribution in [0.2, 0.25) is 0 Å². The molecular weight excluding hydrogens is 184 g/mol. The summed E-state index contributed by atoms with van der Waals surface area (Å²) in [4.78, 5) is 21.1. The molecule has 1 rings (SSSR count). The zero-order chi connectivity index (χ0) is 10.6. The number of hydrogen-bond donors (Lipinski definition) is 2. The topological polar surface area (TPSA) is 74.6 Å². The molecule has 0 saturated heterocycles. The third-order valence-corrected chi connectivity index (χ3v) is 2.28. The summed E-state index contributed by atoms with van der Waals surface area (Å²) in [5.74, 6) is -2.60. The van der Waals surface area contributed by atoms with Gasteiger partial charge in [0.05, 0.1) is 5.92 Å². The molecule has 0 amide bonds. The van der Waals surface area contributed by atoms with Crippen molar-refractivity contribution in [1.82, 2.24) is 0 Å². The highest BCUT2D eigenvalue weighted by Gasteiger charge is 2.26. The molecule has 0 aliphatic heterocycles. The van der Waals surface area contributed by atoms with Gasteiger partial charge in [-0.15, -0.1) is 0 Å². The maximum atomic E-state index is 10.8. The van der Waals surface area contributed by atoms with Gasteiger partial charge in [-0.2, -0.15) is 0 Å². The fourth-order valence-electron chi connectivity index (χ4n) is 1.54. The Labute approximate surface area is 81.6 Å². The van der Waals surface area contributed by atoms with E-state index in [9.17, 15) is 9.59 Å². The van der Waals surface area contributed by atoms with Crippen LogP contribution in [0.3, 0.4) is 0 Å². The Balaban J connectivity index is 2.69. The highest BCUT2D eigenvalue weighted by Crippen LogP contribution is 2.26. The quantitative estimate of drug-likeness (QED) is 0.527. The lowest BCUT2D eigenvalue weighted by molar-refractivity contribution is -0.143. The minimum absolute atomic E-state index is 0.200. The van der Waals surface area contributed by atoms with Gasteiger partial charge in [-0.3, -0.25) is 4.79 Å². The Morgan fingerprint density at radius 1 is 1.21 bits per heavy atom. The summed E-state index contributed by atoms with van der Waals surface area (Å²) in [7, 11) is 0. The van der Waals surface area contributed by atoms with Gasteiger partial charge in [-0.25, -0.2) is 4.79 Å². The van der Waals surface area contributed by atoms with Gasteiger partial charge in [0, 0.05) is 6.08 Å². The molecule has 0 aromatic carbocycles. The van der Waals surface area contributed by atoms with Gasteiger partial charge < -0.3 is 10.2 Å². The van der Waals surface area contributed by atoms with Crippen LogP contribution in [0.5, 0.6) is 0 Å². The second-order valence-electron chi connectivity index (χ2n) is 3.25. The number of aliphatic carboxylic acids is 2. The second-order valence-corrected chi connectivity index (χ2v) is 3.25. The first-order valence-corrected chi connectivity index (χ1v) is 4.40. The first-order chi connectivity index (χ1) is 6.61. The Bertz CT molecular complexity index is 290. The third kappa shape index (κ3) is 2.73. The molecule has 2 N–H and O–H groups in total. The third-order valence-electron chi connectivity index (χ3n) is 2.28. The molecule has 76 valence electrons. The molecule has 0 spiro atoms. The van der Waals surface area contributed by atoms with Crippen LogP contribution in [-0.4, -0.2) is 22.2 Å². The Kier molecular flexibility index (Phi) is 3.45. The van der Waals surface area contributed by atoms with Crippen molar-refractivity contribution in [2.45, 2.75) is 12.8 Å². The maximum absolute atomic E-state index is 10.8. The predicted octanol–water partition coefficient (Wildman–Crippen LogP) is 1.29. The predicted molar refractivity (Wildman–Crippen MR) is 49.8 cm³/mol. The summed E-state index contributed by atoms with van der Waals surface area (Å²) >= 11 is 0. The molecule has 0 aromatic rings. The molecule has 2 unspecified atom stereocenters. The highest BCUT2D eigenvalue weighted by atomic mass is 16.4. The Hall–Kier alpha value is -1.58. The fourth-order valence-corrected chi connectivity index (χ4v) is 1.54. The van der Waals surface area contributed by atoms with Crippen molar-refractivity contribution < 1.29 is 19.8 Å². The number of carboxylic acid groups (broad SMARTS) is 2. The van der Waals surface area contributed by atoms with Gasteiger partial charge in [0.15, 0.2) is 0 Å². The lowest BCUT2D eigenvalue weighted by Gasteiger charge is -2.21. The van der Waals surface area contributed by atoms with Crippen molar-refractivity contribution in [1.29, 1.82) is 0 Å². The molecule has 0 bridgehead atoms. The monoisotopic (exact) mass is 196 g/mol. The average molecular weight is 196 g/mol. The van der Waals surface area contributed by atoms with E-state index < -0.39 is 17.9 Å².